The Morgan fingerprint density at radius 3 is 2.36 bits per heavy atom. The molecule has 0 radical (unpaired) electrons. The summed E-state index contributed by atoms with van der Waals surface area (Å²) in [4.78, 5) is 0. The maximum atomic E-state index is 5.90. The van der Waals surface area contributed by atoms with Gasteiger partial charge in [-0.15, -0.1) is 12.4 Å². The average molecular weight is 326 g/mol. The second-order valence-electron chi connectivity index (χ2n) is 3.60. The van der Waals surface area contributed by atoms with E-state index >= 15 is 0 Å². The molecule has 4 heteroatoms. The van der Waals surface area contributed by atoms with Gasteiger partial charge in [0.2, 0.25) is 0 Å². The van der Waals surface area contributed by atoms with E-state index in [0.29, 0.717) is 6.61 Å². The van der Waals surface area contributed by atoms with Crippen LogP contribution in [0.5, 0.6) is 5.75 Å². The highest BCUT2D eigenvalue weighted by Gasteiger charge is 2.39. The van der Waals surface area contributed by atoms with Crippen LogP contribution in [0.2, 0.25) is 0 Å². The van der Waals surface area contributed by atoms with Gasteiger partial charge in [-0.25, -0.2) is 0 Å². The summed E-state index contributed by atoms with van der Waals surface area (Å²) < 4.78 is 6.78. The number of hydrogen-bond donors (Lipinski definition) is 1. The van der Waals surface area contributed by atoms with Crippen LogP contribution in [0.4, 0.5) is 0 Å². The predicted octanol–water partition coefficient (Wildman–Crippen LogP) is 2.58. The monoisotopic (exact) mass is 325 g/mol. The lowest BCUT2D eigenvalue weighted by Gasteiger charge is -2.10. The molecule has 0 amide bonds. The minimum atomic E-state index is -0.0248. The molecule has 0 atom stereocenters. The standard InChI is InChI=1S/C10H12INO.ClH/c11-8-1-3-9(4-2-8)13-7-10(12)5-6-10;/h1-4H,5-7,12H2;1H. The van der Waals surface area contributed by atoms with E-state index in [1.54, 1.807) is 0 Å². The molecule has 1 fully saturated rings. The van der Waals surface area contributed by atoms with Crippen molar-refractivity contribution in [3.63, 3.8) is 0 Å². The molecule has 0 aliphatic heterocycles. The van der Waals surface area contributed by atoms with Crippen LogP contribution in [0, 0.1) is 3.57 Å². The zero-order valence-electron chi connectivity index (χ0n) is 7.70. The summed E-state index contributed by atoms with van der Waals surface area (Å²) in [5.41, 5.74) is 5.87. The van der Waals surface area contributed by atoms with Gasteiger partial charge in [-0.2, -0.15) is 0 Å². The fourth-order valence-electron chi connectivity index (χ4n) is 1.06. The third-order valence-corrected chi connectivity index (χ3v) is 2.95. The van der Waals surface area contributed by atoms with E-state index in [1.165, 1.54) is 3.57 Å². The summed E-state index contributed by atoms with van der Waals surface area (Å²) >= 11 is 2.27. The van der Waals surface area contributed by atoms with Gasteiger partial charge in [0.15, 0.2) is 0 Å². The van der Waals surface area contributed by atoms with Crippen LogP contribution < -0.4 is 10.5 Å². The zero-order chi connectivity index (χ0) is 9.31. The summed E-state index contributed by atoms with van der Waals surface area (Å²) in [5.74, 6) is 0.914. The Morgan fingerprint density at radius 1 is 1.29 bits per heavy atom. The van der Waals surface area contributed by atoms with Crippen molar-refractivity contribution in [1.29, 1.82) is 0 Å². The Kier molecular flexibility index (Phi) is 4.04. The molecule has 2 nitrogen and oxygen atoms in total. The minimum absolute atomic E-state index is 0. The molecule has 2 rings (SSSR count). The van der Waals surface area contributed by atoms with Gasteiger partial charge in [-0.3, -0.25) is 0 Å². The molecule has 78 valence electrons. The van der Waals surface area contributed by atoms with Gasteiger partial charge >= 0.3 is 0 Å². The quantitative estimate of drug-likeness (QED) is 0.867. The van der Waals surface area contributed by atoms with Crippen molar-refractivity contribution in [3.8, 4) is 5.75 Å². The Balaban J connectivity index is 0.000000980. The third-order valence-electron chi connectivity index (χ3n) is 2.23. The molecule has 1 aromatic rings. The number of hydrogen-bond acceptors (Lipinski definition) is 2. The van der Waals surface area contributed by atoms with E-state index in [1.807, 2.05) is 24.3 Å². The van der Waals surface area contributed by atoms with Crippen LogP contribution >= 0.6 is 35.0 Å². The van der Waals surface area contributed by atoms with Crippen molar-refractivity contribution < 1.29 is 4.74 Å². The first-order valence-corrected chi connectivity index (χ1v) is 5.43. The van der Waals surface area contributed by atoms with Crippen molar-refractivity contribution in [2.24, 2.45) is 5.73 Å². The fourth-order valence-corrected chi connectivity index (χ4v) is 1.42. The van der Waals surface area contributed by atoms with Gasteiger partial charge in [0.05, 0.1) is 5.54 Å². The molecule has 1 aliphatic rings. The van der Waals surface area contributed by atoms with Gasteiger partial charge in [0.25, 0.3) is 0 Å². The summed E-state index contributed by atoms with van der Waals surface area (Å²) in [6.45, 7) is 0.646. The first kappa shape index (κ1) is 12.1. The highest BCUT2D eigenvalue weighted by Crippen LogP contribution is 2.32. The smallest absolute Gasteiger partial charge is 0.119 e. The largest absolute Gasteiger partial charge is 0.492 e. The second-order valence-corrected chi connectivity index (χ2v) is 4.85. The van der Waals surface area contributed by atoms with Crippen molar-refractivity contribution in [2.75, 3.05) is 6.61 Å². The zero-order valence-corrected chi connectivity index (χ0v) is 10.7. The minimum Gasteiger partial charge on any atom is -0.492 e. The topological polar surface area (TPSA) is 35.2 Å². The van der Waals surface area contributed by atoms with Crippen molar-refractivity contribution in [1.82, 2.24) is 0 Å². The van der Waals surface area contributed by atoms with Crippen LogP contribution in [-0.4, -0.2) is 12.1 Å². The fraction of sp³-hybridized carbons (Fsp3) is 0.400. The molecule has 0 saturated heterocycles. The lowest BCUT2D eigenvalue weighted by Crippen LogP contribution is -2.29. The molecular weight excluding hydrogens is 312 g/mol. The molecule has 1 aromatic carbocycles. The Morgan fingerprint density at radius 2 is 1.86 bits per heavy atom. The highest BCUT2D eigenvalue weighted by atomic mass is 127. The van der Waals surface area contributed by atoms with Gasteiger partial charge in [-0.1, -0.05) is 0 Å². The number of rotatable bonds is 3. The van der Waals surface area contributed by atoms with E-state index in [9.17, 15) is 0 Å². The maximum absolute atomic E-state index is 5.90. The average Bonchev–Trinajstić information content (AvgIpc) is 2.84. The van der Waals surface area contributed by atoms with Crippen molar-refractivity contribution >= 4 is 35.0 Å². The first-order valence-electron chi connectivity index (χ1n) is 4.35. The van der Waals surface area contributed by atoms with E-state index in [0.717, 1.165) is 18.6 Å². The van der Waals surface area contributed by atoms with Crippen molar-refractivity contribution in [3.05, 3.63) is 27.8 Å². The lowest BCUT2D eigenvalue weighted by atomic mass is 10.3. The molecule has 1 aliphatic carbocycles. The molecule has 14 heavy (non-hydrogen) atoms. The maximum Gasteiger partial charge on any atom is 0.119 e. The van der Waals surface area contributed by atoms with Crippen molar-refractivity contribution in [2.45, 2.75) is 18.4 Å². The first-order chi connectivity index (χ1) is 6.18. The molecule has 2 N–H and O–H groups in total. The van der Waals surface area contributed by atoms with E-state index in [-0.39, 0.29) is 17.9 Å². The predicted molar refractivity (Wildman–Crippen MR) is 68.1 cm³/mol. The van der Waals surface area contributed by atoms with Crippen LogP contribution in [0.25, 0.3) is 0 Å². The van der Waals surface area contributed by atoms with Crippen LogP contribution in [0.1, 0.15) is 12.8 Å². The number of halogens is 2. The number of nitrogens with two attached hydrogens (primary N) is 1. The van der Waals surface area contributed by atoms with Gasteiger partial charge in [0.1, 0.15) is 12.4 Å². The molecule has 0 spiro atoms. The molecular formula is C10H13ClINO. The molecule has 0 heterocycles. The normalized spacial score (nSPS) is 17.0. The summed E-state index contributed by atoms with van der Waals surface area (Å²) in [6.07, 6.45) is 2.19. The van der Waals surface area contributed by atoms with E-state index in [4.69, 9.17) is 10.5 Å². The van der Waals surface area contributed by atoms with Crippen LogP contribution in [0.3, 0.4) is 0 Å². The lowest BCUT2D eigenvalue weighted by molar-refractivity contribution is 0.279. The van der Waals surface area contributed by atoms with Crippen LogP contribution in [-0.2, 0) is 0 Å². The SMILES string of the molecule is Cl.NC1(COc2ccc(I)cc2)CC1. The number of ether oxygens (including phenoxy) is 1. The molecule has 0 unspecified atom stereocenters. The molecule has 0 aromatic heterocycles. The highest BCUT2D eigenvalue weighted by molar-refractivity contribution is 14.1. The third kappa shape index (κ3) is 3.29. The second kappa shape index (κ2) is 4.68. The van der Waals surface area contributed by atoms with E-state index < -0.39 is 0 Å². The van der Waals surface area contributed by atoms with Gasteiger partial charge < -0.3 is 10.5 Å². The Bertz CT molecular complexity index is 297. The summed E-state index contributed by atoms with van der Waals surface area (Å²) in [6, 6.07) is 8.03. The summed E-state index contributed by atoms with van der Waals surface area (Å²) in [7, 11) is 0. The molecule has 0 bridgehead atoms. The number of benzene rings is 1. The molecule has 1 saturated carbocycles. The Labute approximate surface area is 104 Å². The van der Waals surface area contributed by atoms with Gasteiger partial charge in [0, 0.05) is 3.57 Å². The summed E-state index contributed by atoms with van der Waals surface area (Å²) in [5, 5.41) is 0. The van der Waals surface area contributed by atoms with Crippen LogP contribution in [0.15, 0.2) is 24.3 Å². The van der Waals surface area contributed by atoms with Gasteiger partial charge in [-0.05, 0) is 59.7 Å². The Hall–Kier alpha value is -0.000000000000000111. The van der Waals surface area contributed by atoms with E-state index in [2.05, 4.69) is 22.6 Å².